The van der Waals surface area contributed by atoms with Crippen LogP contribution in [0.25, 0.3) is 0 Å². The molecule has 2 rings (SSSR count). The normalized spacial score (nSPS) is 50.0. The largest absolute Gasteiger partial charge is 0.394 e. The van der Waals surface area contributed by atoms with E-state index in [0.29, 0.717) is 0 Å². The van der Waals surface area contributed by atoms with E-state index in [2.05, 4.69) is 0 Å². The quantitative estimate of drug-likeness (QED) is 0.251. The second-order valence-corrected chi connectivity index (χ2v) is 5.74. The molecule has 0 aromatic rings. The third-order valence-corrected chi connectivity index (χ3v) is 4.23. The monoisotopic (exact) mass is 356 g/mol. The summed E-state index contributed by atoms with van der Waals surface area (Å²) in [5.41, 5.74) is 0. The van der Waals surface area contributed by atoms with Gasteiger partial charge in [0, 0.05) is 7.11 Å². The predicted octanol–water partition coefficient (Wildman–Crippen LogP) is -4.74. The second kappa shape index (κ2) is 8.29. The fourth-order valence-corrected chi connectivity index (χ4v) is 2.82. The van der Waals surface area contributed by atoms with Gasteiger partial charge in [0.1, 0.15) is 48.8 Å². The minimum Gasteiger partial charge on any atom is -0.394 e. The van der Waals surface area contributed by atoms with Gasteiger partial charge in [-0.25, -0.2) is 0 Å². The van der Waals surface area contributed by atoms with Gasteiger partial charge in [-0.05, 0) is 0 Å². The first kappa shape index (κ1) is 19.9. The standard InChI is InChI=1S/C13H24O11/c1-21-11-9(19)10(5(3-15)22-12(11)20)24-13-8(18)7(17)6(16)4(2-14)23-13/h4-20H,2-3H2,1H3. The van der Waals surface area contributed by atoms with Crippen molar-refractivity contribution < 1.29 is 54.7 Å². The van der Waals surface area contributed by atoms with Crippen molar-refractivity contribution in [1.82, 2.24) is 0 Å². The van der Waals surface area contributed by atoms with E-state index in [-0.39, 0.29) is 0 Å². The van der Waals surface area contributed by atoms with E-state index in [1.807, 2.05) is 0 Å². The summed E-state index contributed by atoms with van der Waals surface area (Å²) < 4.78 is 20.6. The average Bonchev–Trinajstić information content (AvgIpc) is 2.57. The number of aliphatic hydroxyl groups excluding tert-OH is 7. The first-order valence-corrected chi connectivity index (χ1v) is 7.46. The molecule has 2 aliphatic heterocycles. The molecule has 2 fully saturated rings. The minimum absolute atomic E-state index is 0.618. The number of hydrogen-bond donors (Lipinski definition) is 7. The molecule has 24 heavy (non-hydrogen) atoms. The molecule has 0 aromatic heterocycles. The van der Waals surface area contributed by atoms with Crippen LogP contribution in [0.5, 0.6) is 0 Å². The van der Waals surface area contributed by atoms with Gasteiger partial charge in [0.2, 0.25) is 0 Å². The fraction of sp³-hybridized carbons (Fsp3) is 1.00. The molecule has 0 amide bonds. The lowest BCUT2D eigenvalue weighted by atomic mass is 9.97. The highest BCUT2D eigenvalue weighted by Gasteiger charge is 2.50. The Kier molecular flexibility index (Phi) is 6.87. The van der Waals surface area contributed by atoms with Gasteiger partial charge in [0.05, 0.1) is 13.2 Å². The van der Waals surface area contributed by atoms with Crippen molar-refractivity contribution in [3.63, 3.8) is 0 Å². The van der Waals surface area contributed by atoms with Gasteiger partial charge >= 0.3 is 0 Å². The molecule has 11 heteroatoms. The zero-order valence-electron chi connectivity index (χ0n) is 13.0. The lowest BCUT2D eigenvalue weighted by Gasteiger charge is -2.45. The van der Waals surface area contributed by atoms with Crippen molar-refractivity contribution in [2.45, 2.75) is 61.4 Å². The van der Waals surface area contributed by atoms with Crippen LogP contribution in [0.15, 0.2) is 0 Å². The Morgan fingerprint density at radius 1 is 0.750 bits per heavy atom. The molecular formula is C13H24O11. The summed E-state index contributed by atoms with van der Waals surface area (Å²) in [6.07, 6.45) is -14.2. The van der Waals surface area contributed by atoms with Crippen molar-refractivity contribution in [2.75, 3.05) is 20.3 Å². The Morgan fingerprint density at radius 3 is 1.92 bits per heavy atom. The Morgan fingerprint density at radius 2 is 1.38 bits per heavy atom. The van der Waals surface area contributed by atoms with Gasteiger partial charge in [-0.2, -0.15) is 0 Å². The summed E-state index contributed by atoms with van der Waals surface area (Å²) in [7, 11) is 1.23. The maximum Gasteiger partial charge on any atom is 0.187 e. The molecule has 10 unspecified atom stereocenters. The zero-order valence-corrected chi connectivity index (χ0v) is 13.0. The second-order valence-electron chi connectivity index (χ2n) is 5.74. The molecule has 0 spiro atoms. The van der Waals surface area contributed by atoms with E-state index in [0.717, 1.165) is 0 Å². The Balaban J connectivity index is 2.14. The summed E-state index contributed by atoms with van der Waals surface area (Å²) in [5.74, 6) is 0. The van der Waals surface area contributed by atoms with Crippen molar-refractivity contribution in [3.8, 4) is 0 Å². The van der Waals surface area contributed by atoms with Crippen molar-refractivity contribution in [2.24, 2.45) is 0 Å². The van der Waals surface area contributed by atoms with E-state index in [9.17, 15) is 30.6 Å². The van der Waals surface area contributed by atoms with Crippen LogP contribution in [-0.2, 0) is 18.9 Å². The van der Waals surface area contributed by atoms with E-state index in [4.69, 9.17) is 24.1 Å². The molecule has 7 N–H and O–H groups in total. The van der Waals surface area contributed by atoms with E-state index >= 15 is 0 Å². The number of hydrogen-bond acceptors (Lipinski definition) is 11. The van der Waals surface area contributed by atoms with Crippen LogP contribution in [0.2, 0.25) is 0 Å². The molecule has 2 saturated heterocycles. The third kappa shape index (κ3) is 3.71. The van der Waals surface area contributed by atoms with Crippen molar-refractivity contribution in [3.05, 3.63) is 0 Å². The molecule has 2 heterocycles. The van der Waals surface area contributed by atoms with Crippen LogP contribution in [-0.4, -0.2) is 117 Å². The number of rotatable bonds is 5. The molecule has 11 nitrogen and oxygen atoms in total. The number of ether oxygens (including phenoxy) is 4. The predicted molar refractivity (Wildman–Crippen MR) is 73.4 cm³/mol. The minimum atomic E-state index is -1.68. The van der Waals surface area contributed by atoms with E-state index in [1.165, 1.54) is 7.11 Å². The first-order chi connectivity index (χ1) is 11.3. The van der Waals surface area contributed by atoms with Crippen LogP contribution < -0.4 is 0 Å². The van der Waals surface area contributed by atoms with Gasteiger partial charge in [-0.1, -0.05) is 0 Å². The first-order valence-electron chi connectivity index (χ1n) is 7.46. The molecule has 0 aromatic carbocycles. The molecular weight excluding hydrogens is 332 g/mol. The molecule has 0 bridgehead atoms. The van der Waals surface area contributed by atoms with Crippen LogP contribution in [0.1, 0.15) is 0 Å². The summed E-state index contributed by atoms with van der Waals surface area (Å²) in [6, 6.07) is 0. The SMILES string of the molecule is COC1C(O)OC(CO)C(OC2OC(CO)C(O)C(O)C2O)C1O. The van der Waals surface area contributed by atoms with E-state index in [1.54, 1.807) is 0 Å². The summed E-state index contributed by atoms with van der Waals surface area (Å²) in [6.45, 7) is -1.26. The van der Waals surface area contributed by atoms with Crippen LogP contribution in [0.3, 0.4) is 0 Å². The lowest BCUT2D eigenvalue weighted by molar-refractivity contribution is -0.356. The van der Waals surface area contributed by atoms with Crippen molar-refractivity contribution in [1.29, 1.82) is 0 Å². The van der Waals surface area contributed by atoms with Gasteiger partial charge in [0.25, 0.3) is 0 Å². The summed E-state index contributed by atoms with van der Waals surface area (Å²) in [5, 5.41) is 67.9. The third-order valence-electron chi connectivity index (χ3n) is 4.23. The number of methoxy groups -OCH3 is 1. The highest BCUT2D eigenvalue weighted by atomic mass is 16.7. The van der Waals surface area contributed by atoms with Gasteiger partial charge in [-0.3, -0.25) is 0 Å². The van der Waals surface area contributed by atoms with Gasteiger partial charge < -0.3 is 54.7 Å². The lowest BCUT2D eigenvalue weighted by Crippen LogP contribution is -2.64. The van der Waals surface area contributed by atoms with E-state index < -0.39 is 74.6 Å². The summed E-state index contributed by atoms with van der Waals surface area (Å²) >= 11 is 0. The van der Waals surface area contributed by atoms with Gasteiger partial charge in [0.15, 0.2) is 12.6 Å². The number of aliphatic hydroxyl groups is 7. The van der Waals surface area contributed by atoms with Crippen molar-refractivity contribution >= 4 is 0 Å². The topological polar surface area (TPSA) is 179 Å². The molecule has 0 saturated carbocycles. The Hall–Kier alpha value is -0.440. The molecule has 0 radical (unpaired) electrons. The highest BCUT2D eigenvalue weighted by molar-refractivity contribution is 4.94. The molecule has 0 aliphatic carbocycles. The van der Waals surface area contributed by atoms with Crippen LogP contribution in [0.4, 0.5) is 0 Å². The summed E-state index contributed by atoms with van der Waals surface area (Å²) in [4.78, 5) is 0. The maximum atomic E-state index is 10.3. The maximum absolute atomic E-state index is 10.3. The van der Waals surface area contributed by atoms with Crippen LogP contribution >= 0.6 is 0 Å². The van der Waals surface area contributed by atoms with Gasteiger partial charge in [-0.15, -0.1) is 0 Å². The zero-order chi connectivity index (χ0) is 18.0. The van der Waals surface area contributed by atoms with Crippen LogP contribution in [0, 0.1) is 0 Å². The molecule has 10 atom stereocenters. The Labute approximate surface area is 137 Å². The highest BCUT2D eigenvalue weighted by Crippen LogP contribution is 2.29. The fourth-order valence-electron chi connectivity index (χ4n) is 2.82. The Bertz CT molecular complexity index is 394. The molecule has 142 valence electrons. The average molecular weight is 356 g/mol. The molecule has 2 aliphatic rings. The smallest absolute Gasteiger partial charge is 0.187 e.